The molecule has 0 amide bonds. The second-order valence-electron chi connectivity index (χ2n) is 4.93. The molecule has 0 saturated heterocycles. The number of benzene rings is 1. The molecular weight excluding hydrogens is 250 g/mol. The Balaban J connectivity index is 1.85. The maximum atomic E-state index is 12.0. The van der Waals surface area contributed by atoms with Gasteiger partial charge in [0.25, 0.3) is 5.91 Å². The quantitative estimate of drug-likeness (QED) is 0.565. The minimum absolute atomic E-state index is 0.132. The van der Waals surface area contributed by atoms with E-state index >= 15 is 0 Å². The van der Waals surface area contributed by atoms with E-state index in [1.165, 1.54) is 30.4 Å². The first-order chi connectivity index (χ1) is 9.83. The fraction of sp³-hybridized carbons (Fsp3) is 0.438. The summed E-state index contributed by atoms with van der Waals surface area (Å²) in [5.41, 5.74) is 1.50. The lowest BCUT2D eigenvalue weighted by Crippen LogP contribution is -2.08. The number of para-hydroxylation sites is 1. The first-order valence-electron chi connectivity index (χ1n) is 7.34. The Hall–Kier alpha value is -1.97. The molecule has 0 spiro atoms. The van der Waals surface area contributed by atoms with Gasteiger partial charge >= 0.3 is 0 Å². The van der Waals surface area contributed by atoms with Crippen LogP contribution < -0.4 is 0 Å². The van der Waals surface area contributed by atoms with Crippen LogP contribution in [0.15, 0.2) is 36.4 Å². The van der Waals surface area contributed by atoms with Crippen LogP contribution in [0.25, 0.3) is 11.0 Å². The molecule has 106 valence electrons. The number of hydrogen-bond donors (Lipinski definition) is 0. The normalized spacial score (nSPS) is 11.4. The number of rotatable bonds is 7. The Morgan fingerprint density at radius 1 is 1.20 bits per heavy atom. The zero-order valence-corrected chi connectivity index (χ0v) is 12.0. The summed E-state index contributed by atoms with van der Waals surface area (Å²) in [5, 5.41) is 7.88. The van der Waals surface area contributed by atoms with E-state index in [4.69, 9.17) is 0 Å². The molecular formula is C16H21N3O. The van der Waals surface area contributed by atoms with Gasteiger partial charge in [0.1, 0.15) is 5.52 Å². The lowest BCUT2D eigenvalue weighted by Gasteiger charge is -1.97. The Kier molecular flexibility index (Phi) is 5.47. The van der Waals surface area contributed by atoms with Crippen LogP contribution in [0.2, 0.25) is 0 Å². The monoisotopic (exact) mass is 271 g/mol. The lowest BCUT2D eigenvalue weighted by atomic mass is 10.1. The average Bonchev–Trinajstić information content (AvgIpc) is 2.90. The van der Waals surface area contributed by atoms with Gasteiger partial charge in [-0.3, -0.25) is 4.79 Å². The molecule has 0 aliphatic rings. The smallest absolute Gasteiger partial charge is 0.267 e. The molecule has 0 fully saturated rings. The van der Waals surface area contributed by atoms with Gasteiger partial charge in [-0.15, -0.1) is 5.10 Å². The van der Waals surface area contributed by atoms with E-state index < -0.39 is 0 Å². The predicted octanol–water partition coefficient (Wildman–Crippen LogP) is 3.99. The second-order valence-corrected chi connectivity index (χ2v) is 4.93. The number of fused-ring (bicyclic) bond motifs is 1. The molecule has 20 heavy (non-hydrogen) atoms. The highest BCUT2D eigenvalue weighted by Crippen LogP contribution is 2.10. The van der Waals surface area contributed by atoms with Gasteiger partial charge < -0.3 is 0 Å². The van der Waals surface area contributed by atoms with Gasteiger partial charge in [0, 0.05) is 6.08 Å². The maximum Gasteiger partial charge on any atom is 0.272 e. The van der Waals surface area contributed by atoms with Crippen LogP contribution in [0.4, 0.5) is 0 Å². The molecule has 1 heterocycles. The predicted molar refractivity (Wildman–Crippen MR) is 80.7 cm³/mol. The molecule has 0 N–H and O–H groups in total. The van der Waals surface area contributed by atoms with Crippen molar-refractivity contribution < 1.29 is 4.79 Å². The number of unbranched alkanes of at least 4 members (excludes halogenated alkanes) is 5. The van der Waals surface area contributed by atoms with E-state index in [1.807, 2.05) is 30.3 Å². The summed E-state index contributed by atoms with van der Waals surface area (Å²) in [6.45, 7) is 2.21. The maximum absolute atomic E-state index is 12.0. The molecule has 2 aromatic rings. The van der Waals surface area contributed by atoms with Gasteiger partial charge in [-0.05, 0) is 25.0 Å². The Morgan fingerprint density at radius 3 is 2.85 bits per heavy atom. The molecule has 0 aliphatic carbocycles. The van der Waals surface area contributed by atoms with Crippen molar-refractivity contribution in [2.24, 2.45) is 0 Å². The lowest BCUT2D eigenvalue weighted by molar-refractivity contribution is 0.0957. The van der Waals surface area contributed by atoms with E-state index in [9.17, 15) is 4.79 Å². The summed E-state index contributed by atoms with van der Waals surface area (Å²) in [6, 6.07) is 7.47. The standard InChI is InChI=1S/C16H21N3O/c1-2-3-4-5-6-7-8-13-16(20)19-15-12-10-9-11-14(15)17-18-19/h8-13H,2-7H2,1H3/b13-8+. The van der Waals surface area contributed by atoms with E-state index in [-0.39, 0.29) is 5.91 Å². The van der Waals surface area contributed by atoms with Gasteiger partial charge in [0.2, 0.25) is 0 Å². The molecule has 1 aromatic heterocycles. The van der Waals surface area contributed by atoms with Crippen molar-refractivity contribution in [3.63, 3.8) is 0 Å². The first-order valence-corrected chi connectivity index (χ1v) is 7.34. The van der Waals surface area contributed by atoms with Crippen molar-refractivity contribution in [3.05, 3.63) is 36.4 Å². The van der Waals surface area contributed by atoms with Gasteiger partial charge in [-0.2, -0.15) is 4.68 Å². The summed E-state index contributed by atoms with van der Waals surface area (Å²) < 4.78 is 1.35. The number of allylic oxidation sites excluding steroid dienone is 2. The summed E-state index contributed by atoms with van der Waals surface area (Å²) in [4.78, 5) is 12.0. The van der Waals surface area contributed by atoms with E-state index in [0.29, 0.717) is 0 Å². The number of carbonyl (C=O) groups is 1. The van der Waals surface area contributed by atoms with Crippen LogP contribution >= 0.6 is 0 Å². The van der Waals surface area contributed by atoms with Crippen LogP contribution in [-0.2, 0) is 0 Å². The molecule has 0 radical (unpaired) electrons. The van der Waals surface area contributed by atoms with Crippen molar-refractivity contribution in [1.82, 2.24) is 15.0 Å². The molecule has 2 rings (SSSR count). The SMILES string of the molecule is CCCCCCC/C=C/C(=O)n1nnc2ccccc21. The third-order valence-corrected chi connectivity index (χ3v) is 3.30. The highest BCUT2D eigenvalue weighted by Gasteiger charge is 2.07. The fourth-order valence-electron chi connectivity index (χ4n) is 2.15. The molecule has 4 heteroatoms. The fourth-order valence-corrected chi connectivity index (χ4v) is 2.15. The minimum atomic E-state index is -0.132. The third kappa shape index (κ3) is 3.76. The van der Waals surface area contributed by atoms with Gasteiger partial charge in [0.15, 0.2) is 0 Å². The Labute approximate surface area is 119 Å². The van der Waals surface area contributed by atoms with Crippen LogP contribution in [0.1, 0.15) is 50.2 Å². The molecule has 0 unspecified atom stereocenters. The van der Waals surface area contributed by atoms with Crippen LogP contribution in [0.3, 0.4) is 0 Å². The Morgan fingerprint density at radius 2 is 2.00 bits per heavy atom. The zero-order valence-electron chi connectivity index (χ0n) is 12.0. The summed E-state index contributed by atoms with van der Waals surface area (Å²) in [7, 11) is 0. The van der Waals surface area contributed by atoms with Gasteiger partial charge in [-0.25, -0.2) is 0 Å². The highest BCUT2D eigenvalue weighted by atomic mass is 16.2. The summed E-state index contributed by atoms with van der Waals surface area (Å²) in [6.07, 6.45) is 10.7. The van der Waals surface area contributed by atoms with Crippen LogP contribution in [0.5, 0.6) is 0 Å². The van der Waals surface area contributed by atoms with E-state index in [2.05, 4.69) is 17.2 Å². The minimum Gasteiger partial charge on any atom is -0.267 e. The number of nitrogens with zero attached hydrogens (tertiary/aromatic N) is 3. The number of aromatic nitrogens is 3. The van der Waals surface area contributed by atoms with Gasteiger partial charge in [-0.1, -0.05) is 56.0 Å². The van der Waals surface area contributed by atoms with Crippen molar-refractivity contribution in [3.8, 4) is 0 Å². The first kappa shape index (κ1) is 14.4. The number of carbonyl (C=O) groups excluding carboxylic acids is 1. The molecule has 0 saturated carbocycles. The molecule has 4 nitrogen and oxygen atoms in total. The van der Waals surface area contributed by atoms with Crippen LogP contribution in [0, 0.1) is 0 Å². The van der Waals surface area contributed by atoms with Crippen molar-refractivity contribution in [2.75, 3.05) is 0 Å². The second kappa shape index (κ2) is 7.58. The Bertz CT molecular complexity index is 586. The molecule has 1 aromatic carbocycles. The van der Waals surface area contributed by atoms with Crippen LogP contribution in [-0.4, -0.2) is 20.9 Å². The van der Waals surface area contributed by atoms with Crippen molar-refractivity contribution in [2.45, 2.75) is 45.4 Å². The highest BCUT2D eigenvalue weighted by molar-refractivity contribution is 5.95. The van der Waals surface area contributed by atoms with E-state index in [0.717, 1.165) is 23.9 Å². The molecule has 0 atom stereocenters. The summed E-state index contributed by atoms with van der Waals surface area (Å²) in [5.74, 6) is -0.132. The largest absolute Gasteiger partial charge is 0.272 e. The van der Waals surface area contributed by atoms with E-state index in [1.54, 1.807) is 6.08 Å². The molecule has 0 bridgehead atoms. The number of hydrogen-bond acceptors (Lipinski definition) is 3. The average molecular weight is 271 g/mol. The van der Waals surface area contributed by atoms with Crippen molar-refractivity contribution in [1.29, 1.82) is 0 Å². The third-order valence-electron chi connectivity index (χ3n) is 3.30. The summed E-state index contributed by atoms with van der Waals surface area (Å²) >= 11 is 0. The topological polar surface area (TPSA) is 47.8 Å². The molecule has 0 aliphatic heterocycles. The van der Waals surface area contributed by atoms with Gasteiger partial charge in [0.05, 0.1) is 5.52 Å². The zero-order chi connectivity index (χ0) is 14.2. The van der Waals surface area contributed by atoms with Crippen molar-refractivity contribution >= 4 is 16.9 Å².